The number of nitrogens with zero attached hydrogens (tertiary/aromatic N) is 1. The predicted octanol–water partition coefficient (Wildman–Crippen LogP) is 2.06. The number of hydrogen-bond donors (Lipinski definition) is 1. The molecule has 1 saturated heterocycles. The fraction of sp³-hybridized carbons (Fsp3) is 0.600. The summed E-state index contributed by atoms with van der Waals surface area (Å²) in [6, 6.07) is 7.14. The molecule has 2 atom stereocenters. The van der Waals surface area contributed by atoms with Crippen molar-refractivity contribution in [3.05, 3.63) is 24.3 Å². The zero-order chi connectivity index (χ0) is 14.9. The molecule has 21 heavy (non-hydrogen) atoms. The van der Waals surface area contributed by atoms with Crippen LogP contribution in [-0.2, 0) is 14.8 Å². The second kappa shape index (κ2) is 5.94. The Balaban J connectivity index is 1.96. The second-order valence-corrected chi connectivity index (χ2v) is 7.41. The van der Waals surface area contributed by atoms with Crippen LogP contribution in [0.5, 0.6) is 0 Å². The first-order valence-corrected chi connectivity index (χ1v) is 9.05. The van der Waals surface area contributed by atoms with Crippen molar-refractivity contribution in [1.82, 2.24) is 4.31 Å². The van der Waals surface area contributed by atoms with E-state index in [1.165, 1.54) is 0 Å². The van der Waals surface area contributed by atoms with Crippen molar-refractivity contribution in [3.8, 4) is 0 Å². The number of rotatable bonds is 4. The fourth-order valence-corrected chi connectivity index (χ4v) is 5.18. The normalized spacial score (nSPS) is 26.5. The highest BCUT2D eigenvalue weighted by Crippen LogP contribution is 2.35. The van der Waals surface area contributed by atoms with Crippen molar-refractivity contribution in [3.63, 3.8) is 0 Å². The van der Waals surface area contributed by atoms with E-state index >= 15 is 0 Å². The molecule has 3 rings (SSSR count). The molecule has 1 aliphatic carbocycles. The summed E-state index contributed by atoms with van der Waals surface area (Å²) in [6.07, 6.45) is 2.97. The highest BCUT2D eigenvalue weighted by Gasteiger charge is 2.42. The Morgan fingerprint density at radius 1 is 1.33 bits per heavy atom. The van der Waals surface area contributed by atoms with Crippen molar-refractivity contribution >= 4 is 15.7 Å². The molecular weight excluding hydrogens is 288 g/mol. The molecule has 2 aliphatic rings. The number of fused-ring (bicyclic) bond motifs is 1. The third kappa shape index (κ3) is 2.67. The van der Waals surface area contributed by atoms with Crippen LogP contribution in [0.25, 0.3) is 0 Å². The van der Waals surface area contributed by atoms with E-state index in [0.29, 0.717) is 30.3 Å². The van der Waals surface area contributed by atoms with E-state index in [1.807, 2.05) is 19.1 Å². The lowest BCUT2D eigenvalue weighted by atomic mass is 10.2. The lowest BCUT2D eigenvalue weighted by Crippen LogP contribution is -2.51. The van der Waals surface area contributed by atoms with Crippen LogP contribution < -0.4 is 5.32 Å². The SMILES string of the molecule is CCNc1ccccc1S(=O)(=O)N1CCOC2CCCC21. The minimum absolute atomic E-state index is 0.00145. The summed E-state index contributed by atoms with van der Waals surface area (Å²) in [5.41, 5.74) is 0.682. The minimum atomic E-state index is -3.48. The molecule has 0 spiro atoms. The first-order valence-electron chi connectivity index (χ1n) is 7.61. The van der Waals surface area contributed by atoms with E-state index in [-0.39, 0.29) is 12.1 Å². The van der Waals surface area contributed by atoms with Gasteiger partial charge in [0.25, 0.3) is 0 Å². The van der Waals surface area contributed by atoms with Gasteiger partial charge in [-0.15, -0.1) is 0 Å². The molecule has 1 N–H and O–H groups in total. The van der Waals surface area contributed by atoms with Crippen molar-refractivity contribution in [1.29, 1.82) is 0 Å². The van der Waals surface area contributed by atoms with Gasteiger partial charge in [-0.1, -0.05) is 12.1 Å². The maximum absolute atomic E-state index is 13.1. The average molecular weight is 310 g/mol. The highest BCUT2D eigenvalue weighted by atomic mass is 32.2. The Morgan fingerprint density at radius 2 is 2.14 bits per heavy atom. The topological polar surface area (TPSA) is 58.6 Å². The summed E-state index contributed by atoms with van der Waals surface area (Å²) in [5.74, 6) is 0. The molecule has 0 radical (unpaired) electrons. The van der Waals surface area contributed by atoms with Crippen LogP contribution in [-0.4, -0.2) is 44.6 Å². The Labute approximate surface area is 126 Å². The highest BCUT2D eigenvalue weighted by molar-refractivity contribution is 7.89. The number of benzene rings is 1. The van der Waals surface area contributed by atoms with Gasteiger partial charge in [0.05, 0.1) is 24.4 Å². The molecule has 1 aromatic carbocycles. The van der Waals surface area contributed by atoms with Gasteiger partial charge in [0.2, 0.25) is 10.0 Å². The first kappa shape index (κ1) is 14.8. The van der Waals surface area contributed by atoms with Gasteiger partial charge in [-0.25, -0.2) is 8.42 Å². The second-order valence-electron chi connectivity index (χ2n) is 5.55. The molecule has 1 aromatic rings. The lowest BCUT2D eigenvalue weighted by molar-refractivity contribution is -0.0241. The molecule has 2 fully saturated rings. The van der Waals surface area contributed by atoms with Gasteiger partial charge in [-0.2, -0.15) is 4.31 Å². The van der Waals surface area contributed by atoms with Crippen molar-refractivity contribution in [2.75, 3.05) is 25.0 Å². The van der Waals surface area contributed by atoms with Gasteiger partial charge in [-0.05, 0) is 38.3 Å². The van der Waals surface area contributed by atoms with Crippen LogP contribution in [0.1, 0.15) is 26.2 Å². The van der Waals surface area contributed by atoms with Gasteiger partial charge in [-0.3, -0.25) is 0 Å². The van der Waals surface area contributed by atoms with Crippen LogP contribution in [0.2, 0.25) is 0 Å². The van der Waals surface area contributed by atoms with E-state index in [2.05, 4.69) is 5.32 Å². The Hall–Kier alpha value is -1.11. The van der Waals surface area contributed by atoms with E-state index in [1.54, 1.807) is 16.4 Å². The number of anilines is 1. The molecule has 2 unspecified atom stereocenters. The van der Waals surface area contributed by atoms with Crippen LogP contribution in [0, 0.1) is 0 Å². The molecule has 1 saturated carbocycles. The maximum Gasteiger partial charge on any atom is 0.245 e. The number of ether oxygens (including phenoxy) is 1. The van der Waals surface area contributed by atoms with Gasteiger partial charge in [0.15, 0.2) is 0 Å². The average Bonchev–Trinajstić information content (AvgIpc) is 2.96. The standard InChI is InChI=1S/C15H22N2O3S/c1-2-16-12-6-3-4-9-15(12)21(18,19)17-10-11-20-14-8-5-7-13(14)17/h3-4,6,9,13-14,16H,2,5,7-8,10-11H2,1H3. The smallest absolute Gasteiger partial charge is 0.245 e. The quantitative estimate of drug-likeness (QED) is 0.925. The summed E-state index contributed by atoms with van der Waals surface area (Å²) >= 11 is 0. The van der Waals surface area contributed by atoms with Gasteiger partial charge < -0.3 is 10.1 Å². The van der Waals surface area contributed by atoms with Gasteiger partial charge >= 0.3 is 0 Å². The molecule has 0 bridgehead atoms. The molecule has 1 heterocycles. The van der Waals surface area contributed by atoms with Crippen LogP contribution in [0.15, 0.2) is 29.2 Å². The van der Waals surface area contributed by atoms with Crippen LogP contribution >= 0.6 is 0 Å². The summed E-state index contributed by atoms with van der Waals surface area (Å²) < 4.78 is 33.5. The number of hydrogen-bond acceptors (Lipinski definition) is 4. The van der Waals surface area contributed by atoms with E-state index in [9.17, 15) is 8.42 Å². The summed E-state index contributed by atoms with van der Waals surface area (Å²) in [4.78, 5) is 0.374. The number of nitrogens with one attached hydrogen (secondary N) is 1. The maximum atomic E-state index is 13.1. The monoisotopic (exact) mass is 310 g/mol. The molecule has 0 aromatic heterocycles. The number of para-hydroxylation sites is 1. The van der Waals surface area contributed by atoms with Gasteiger partial charge in [0.1, 0.15) is 4.90 Å². The Kier molecular flexibility index (Phi) is 4.19. The molecule has 1 aliphatic heterocycles. The molecule has 0 amide bonds. The largest absolute Gasteiger partial charge is 0.384 e. The summed E-state index contributed by atoms with van der Waals surface area (Å²) in [5, 5.41) is 3.14. The zero-order valence-electron chi connectivity index (χ0n) is 12.3. The molecule has 6 heteroatoms. The van der Waals surface area contributed by atoms with E-state index < -0.39 is 10.0 Å². The third-order valence-corrected chi connectivity index (χ3v) is 6.25. The third-order valence-electron chi connectivity index (χ3n) is 4.27. The summed E-state index contributed by atoms with van der Waals surface area (Å²) in [7, 11) is -3.48. The first-order chi connectivity index (χ1) is 10.1. The van der Waals surface area contributed by atoms with Crippen molar-refractivity contribution < 1.29 is 13.2 Å². The van der Waals surface area contributed by atoms with Crippen LogP contribution in [0.4, 0.5) is 5.69 Å². The zero-order valence-corrected chi connectivity index (χ0v) is 13.1. The van der Waals surface area contributed by atoms with Crippen molar-refractivity contribution in [2.45, 2.75) is 43.2 Å². The Bertz CT molecular complexity index is 603. The van der Waals surface area contributed by atoms with Crippen LogP contribution in [0.3, 0.4) is 0 Å². The van der Waals surface area contributed by atoms with Gasteiger partial charge in [0, 0.05) is 13.1 Å². The number of sulfonamides is 1. The van der Waals surface area contributed by atoms with Crippen molar-refractivity contribution in [2.24, 2.45) is 0 Å². The lowest BCUT2D eigenvalue weighted by Gasteiger charge is -2.36. The molecule has 116 valence electrons. The molecular formula is C15H22N2O3S. The Morgan fingerprint density at radius 3 is 2.95 bits per heavy atom. The fourth-order valence-electron chi connectivity index (χ4n) is 3.34. The minimum Gasteiger partial charge on any atom is -0.384 e. The molecule has 5 nitrogen and oxygen atoms in total. The number of morpholine rings is 1. The van der Waals surface area contributed by atoms with E-state index in [4.69, 9.17) is 4.74 Å². The summed E-state index contributed by atoms with van der Waals surface area (Å²) in [6.45, 7) is 3.60. The van der Waals surface area contributed by atoms with E-state index in [0.717, 1.165) is 19.3 Å². The predicted molar refractivity (Wildman–Crippen MR) is 81.9 cm³/mol.